The van der Waals surface area contributed by atoms with Gasteiger partial charge in [0, 0.05) is 36.4 Å². The van der Waals surface area contributed by atoms with Crippen molar-refractivity contribution in [1.82, 2.24) is 21.6 Å². The highest BCUT2D eigenvalue weighted by molar-refractivity contribution is 5.97. The van der Waals surface area contributed by atoms with Crippen LogP contribution < -0.4 is 21.6 Å². The van der Waals surface area contributed by atoms with Gasteiger partial charge in [-0.15, -0.1) is 0 Å². The Bertz CT molecular complexity index is 827. The van der Waals surface area contributed by atoms with Crippen LogP contribution in [-0.2, 0) is 38.4 Å². The molecule has 0 radical (unpaired) electrons. The minimum absolute atomic E-state index is 0.154. The first-order chi connectivity index (χ1) is 17.0. The van der Waals surface area contributed by atoms with Crippen LogP contribution in [0.25, 0.3) is 0 Å². The van der Waals surface area contributed by atoms with Crippen LogP contribution in [0.2, 0.25) is 0 Å². The van der Waals surface area contributed by atoms with Crippen LogP contribution in [0.3, 0.4) is 0 Å². The van der Waals surface area contributed by atoms with Crippen molar-refractivity contribution in [2.45, 2.75) is 64.5 Å². The Morgan fingerprint density at radius 2 is 1.11 bits per heavy atom. The summed E-state index contributed by atoms with van der Waals surface area (Å²) < 4.78 is 0. The number of carbonyl (C=O) groups is 6. The lowest BCUT2D eigenvalue weighted by molar-refractivity contribution is -0.146. The van der Waals surface area contributed by atoms with Crippen molar-refractivity contribution in [3.63, 3.8) is 0 Å². The van der Waals surface area contributed by atoms with E-state index >= 15 is 0 Å². The molecule has 0 aliphatic carbocycles. The third-order valence-corrected chi connectivity index (χ3v) is 5.00. The highest BCUT2D eigenvalue weighted by Crippen LogP contribution is 2.10. The van der Waals surface area contributed by atoms with Crippen LogP contribution in [0.5, 0.6) is 0 Å². The van der Waals surface area contributed by atoms with Crippen molar-refractivity contribution in [1.29, 1.82) is 0 Å². The summed E-state index contributed by atoms with van der Waals surface area (Å²) in [4.78, 5) is 78.0. The number of unbranched alkanes of at least 4 members (excludes halogenated alkanes) is 2. The number of hydrogen-bond donors (Lipinski definition) is 6. The summed E-state index contributed by atoms with van der Waals surface area (Å²) in [7, 11) is 0. The van der Waals surface area contributed by atoms with Gasteiger partial charge < -0.3 is 30.5 Å². The molecule has 14 nitrogen and oxygen atoms in total. The largest absolute Gasteiger partial charge is 0.478 e. The Morgan fingerprint density at radius 3 is 1.44 bits per heavy atom. The first kappa shape index (κ1) is 30.3. The molecule has 1 aliphatic heterocycles. The second-order valence-corrected chi connectivity index (χ2v) is 8.01. The number of piperazine rings is 1. The molecule has 1 saturated heterocycles. The molecule has 36 heavy (non-hydrogen) atoms. The number of rotatable bonds is 16. The van der Waals surface area contributed by atoms with E-state index in [1.165, 1.54) is 13.8 Å². The van der Waals surface area contributed by atoms with Gasteiger partial charge in [0.15, 0.2) is 0 Å². The Labute approximate surface area is 207 Å². The predicted octanol–water partition coefficient (Wildman–Crippen LogP) is -0.532. The predicted molar refractivity (Wildman–Crippen MR) is 123 cm³/mol. The number of hydrogen-bond acceptors (Lipinski definition) is 10. The van der Waals surface area contributed by atoms with Crippen molar-refractivity contribution in [2.24, 2.45) is 0 Å². The maximum absolute atomic E-state index is 12.3. The summed E-state index contributed by atoms with van der Waals surface area (Å²) in [6.07, 6.45) is 4.69. The first-order valence-electron chi connectivity index (χ1n) is 11.3. The number of amides is 2. The van der Waals surface area contributed by atoms with Crippen LogP contribution in [0.1, 0.15) is 52.4 Å². The molecule has 2 amide bonds. The maximum Gasteiger partial charge on any atom is 0.349 e. The fraction of sp³-hybridized carbons (Fsp3) is 0.545. The van der Waals surface area contributed by atoms with Gasteiger partial charge in [-0.3, -0.25) is 9.59 Å². The van der Waals surface area contributed by atoms with Gasteiger partial charge in [0.05, 0.1) is 0 Å². The minimum atomic E-state index is -1.22. The van der Waals surface area contributed by atoms with Gasteiger partial charge >= 0.3 is 23.9 Å². The molecule has 0 aromatic carbocycles. The molecule has 1 rings (SSSR count). The Hall–Kier alpha value is -3.78. The molecular formula is C22H32N4O10. The monoisotopic (exact) mass is 512 g/mol. The van der Waals surface area contributed by atoms with E-state index in [0.29, 0.717) is 38.5 Å². The fourth-order valence-electron chi connectivity index (χ4n) is 2.95. The number of hydroxylamine groups is 2. The molecule has 0 spiro atoms. The standard InChI is InChI=1S/C22H32N4O10/c1-13(21(31)32)11-17(27)35-23-9-5-3-7-15-19(29)26-16(20(30)25-15)8-4-6-10-24-36-18(28)12-14(2)22(33)34/h11-12,15-16,23-24H,3-10H2,1-2H3,(H,25,30)(H,26,29)(H,31,32)(H,33,34)/b13-11-,14-12-. The fourth-order valence-corrected chi connectivity index (χ4v) is 2.95. The molecule has 1 aliphatic rings. The number of carbonyl (C=O) groups excluding carboxylic acids is 4. The molecule has 200 valence electrons. The van der Waals surface area contributed by atoms with Gasteiger partial charge in [-0.1, -0.05) is 0 Å². The maximum atomic E-state index is 12.3. The van der Waals surface area contributed by atoms with E-state index in [-0.39, 0.29) is 36.1 Å². The van der Waals surface area contributed by atoms with Crippen molar-refractivity contribution in [3.05, 3.63) is 23.3 Å². The second kappa shape index (κ2) is 16.0. The molecule has 14 heteroatoms. The summed E-state index contributed by atoms with van der Waals surface area (Å²) in [6, 6.07) is -1.33. The van der Waals surface area contributed by atoms with E-state index < -0.39 is 36.0 Å². The van der Waals surface area contributed by atoms with Crippen LogP contribution in [0, 0.1) is 0 Å². The summed E-state index contributed by atoms with van der Waals surface area (Å²) in [5.41, 5.74) is 4.53. The van der Waals surface area contributed by atoms with Crippen LogP contribution >= 0.6 is 0 Å². The Morgan fingerprint density at radius 1 is 0.750 bits per heavy atom. The molecule has 1 fully saturated rings. The molecule has 0 aromatic heterocycles. The summed E-state index contributed by atoms with van der Waals surface area (Å²) in [5.74, 6) is -4.69. The van der Waals surface area contributed by atoms with E-state index in [9.17, 15) is 28.8 Å². The highest BCUT2D eigenvalue weighted by atomic mass is 16.7. The van der Waals surface area contributed by atoms with Crippen molar-refractivity contribution >= 4 is 35.7 Å². The summed E-state index contributed by atoms with van der Waals surface area (Å²) in [5, 5.41) is 22.8. The van der Waals surface area contributed by atoms with Gasteiger partial charge in [-0.25, -0.2) is 19.2 Å². The third kappa shape index (κ3) is 12.1. The molecular weight excluding hydrogens is 480 g/mol. The minimum Gasteiger partial charge on any atom is -0.478 e. The van der Waals surface area contributed by atoms with Crippen molar-refractivity contribution in [2.75, 3.05) is 13.1 Å². The molecule has 1 heterocycles. The third-order valence-electron chi connectivity index (χ3n) is 5.00. The van der Waals surface area contributed by atoms with Crippen molar-refractivity contribution in [3.8, 4) is 0 Å². The molecule has 0 bridgehead atoms. The zero-order valence-electron chi connectivity index (χ0n) is 20.1. The van der Waals surface area contributed by atoms with E-state index in [1.54, 1.807) is 0 Å². The zero-order valence-corrected chi connectivity index (χ0v) is 20.1. The molecule has 0 saturated carbocycles. The lowest BCUT2D eigenvalue weighted by Gasteiger charge is -2.29. The zero-order chi connectivity index (χ0) is 27.1. The van der Waals surface area contributed by atoms with Crippen LogP contribution in [0.4, 0.5) is 0 Å². The Balaban J connectivity index is 2.18. The topological polar surface area (TPSA) is 209 Å². The lowest BCUT2D eigenvalue weighted by atomic mass is 10.0. The van der Waals surface area contributed by atoms with E-state index in [1.807, 2.05) is 0 Å². The molecule has 6 N–H and O–H groups in total. The van der Waals surface area contributed by atoms with Gasteiger partial charge in [0.2, 0.25) is 11.8 Å². The van der Waals surface area contributed by atoms with Gasteiger partial charge in [-0.2, -0.15) is 11.0 Å². The summed E-state index contributed by atoms with van der Waals surface area (Å²) in [6.45, 7) is 3.10. The number of carboxylic acids is 2. The van der Waals surface area contributed by atoms with Crippen LogP contribution in [0.15, 0.2) is 23.3 Å². The number of carboxylic acid groups (broad SMARTS) is 2. The average molecular weight is 513 g/mol. The normalized spacial score (nSPS) is 18.2. The van der Waals surface area contributed by atoms with Crippen LogP contribution in [-0.4, -0.2) is 71.1 Å². The van der Waals surface area contributed by atoms with E-state index in [0.717, 1.165) is 12.2 Å². The molecule has 2 atom stereocenters. The molecule has 0 aromatic rings. The second-order valence-electron chi connectivity index (χ2n) is 8.01. The van der Waals surface area contributed by atoms with Crippen molar-refractivity contribution < 1.29 is 48.7 Å². The SMILES string of the molecule is C/C(=C/C(=O)ONCCCCC1NC(=O)C(CCCCNOC(=O)/C=C(/C)C(=O)O)NC1=O)C(=O)O. The first-order valence-corrected chi connectivity index (χ1v) is 11.3. The van der Waals surface area contributed by atoms with Gasteiger partial charge in [-0.05, 0) is 52.4 Å². The molecule has 2 unspecified atom stereocenters. The summed E-state index contributed by atoms with van der Waals surface area (Å²) >= 11 is 0. The van der Waals surface area contributed by atoms with E-state index in [2.05, 4.69) is 31.3 Å². The lowest BCUT2D eigenvalue weighted by Crippen LogP contribution is -2.61. The Kier molecular flexibility index (Phi) is 13.4. The number of nitrogens with one attached hydrogen (secondary N) is 4. The quantitative estimate of drug-likeness (QED) is 0.0875. The van der Waals surface area contributed by atoms with Gasteiger partial charge in [0.25, 0.3) is 0 Å². The number of aliphatic carboxylic acids is 2. The van der Waals surface area contributed by atoms with E-state index in [4.69, 9.17) is 10.2 Å². The average Bonchev–Trinajstić information content (AvgIpc) is 2.80. The smallest absolute Gasteiger partial charge is 0.349 e. The van der Waals surface area contributed by atoms with Gasteiger partial charge in [0.1, 0.15) is 12.1 Å². The highest BCUT2D eigenvalue weighted by Gasteiger charge is 2.32.